The third-order valence-corrected chi connectivity index (χ3v) is 10.0. The van der Waals surface area contributed by atoms with E-state index in [9.17, 15) is 9.90 Å². The van der Waals surface area contributed by atoms with E-state index in [1.807, 2.05) is 20.8 Å². The first kappa shape index (κ1) is 24.2. The minimum absolute atomic E-state index is 0.0308. The molecule has 0 spiro atoms. The summed E-state index contributed by atoms with van der Waals surface area (Å²) in [6, 6.07) is -0.425. The third kappa shape index (κ3) is 7.24. The fraction of sp³-hybridized carbons (Fsp3) is 0.857. The van der Waals surface area contributed by atoms with Gasteiger partial charge in [-0.2, -0.15) is 0 Å². The van der Waals surface area contributed by atoms with Gasteiger partial charge in [0.05, 0.1) is 18.2 Å². The lowest BCUT2D eigenvalue weighted by Gasteiger charge is -2.39. The van der Waals surface area contributed by atoms with Crippen LogP contribution in [-0.4, -0.2) is 43.4 Å². The molecule has 1 aliphatic rings. The summed E-state index contributed by atoms with van der Waals surface area (Å²) >= 11 is 0. The van der Waals surface area contributed by atoms with Gasteiger partial charge in [-0.3, -0.25) is 0 Å². The van der Waals surface area contributed by atoms with Gasteiger partial charge in [0.25, 0.3) is 0 Å². The first-order valence-electron chi connectivity index (χ1n) is 10.1. The van der Waals surface area contributed by atoms with E-state index >= 15 is 0 Å². The number of hydrogen-bond acceptors (Lipinski definition) is 4. The Bertz CT molecular complexity index is 543. The maximum absolute atomic E-state index is 12.3. The van der Waals surface area contributed by atoms with E-state index < -0.39 is 32.2 Å². The van der Waals surface area contributed by atoms with Crippen LogP contribution in [0.5, 0.6) is 0 Å². The maximum atomic E-state index is 12.3. The van der Waals surface area contributed by atoms with Gasteiger partial charge in [0.15, 0.2) is 8.32 Å². The molecule has 1 rings (SSSR count). The molecule has 5 nitrogen and oxygen atoms in total. The van der Waals surface area contributed by atoms with Crippen molar-refractivity contribution in [2.45, 2.75) is 110 Å². The molecule has 1 amide bonds. The predicted octanol–water partition coefficient (Wildman–Crippen LogP) is 5.01. The number of hydrogen-bond donors (Lipinski definition) is 2. The second kappa shape index (κ2) is 8.66. The Kier molecular flexibility index (Phi) is 7.76. The summed E-state index contributed by atoms with van der Waals surface area (Å²) in [5.41, 5.74) is 0.380. The van der Waals surface area contributed by atoms with Crippen molar-refractivity contribution < 1.29 is 19.1 Å². The second-order valence-corrected chi connectivity index (χ2v) is 15.3. The summed E-state index contributed by atoms with van der Waals surface area (Å²) in [7, 11) is -1.95. The van der Waals surface area contributed by atoms with Gasteiger partial charge in [-0.15, -0.1) is 0 Å². The number of carbonyl (C=O) groups excluding carboxylic acids is 1. The van der Waals surface area contributed by atoms with Crippen LogP contribution in [0, 0.1) is 5.92 Å². The first-order chi connectivity index (χ1) is 12.0. The summed E-state index contributed by atoms with van der Waals surface area (Å²) in [6.45, 7) is 20.7. The molecule has 6 heteroatoms. The smallest absolute Gasteiger partial charge is 0.407 e. The molecule has 3 atom stereocenters. The molecule has 0 fully saturated rings. The summed E-state index contributed by atoms with van der Waals surface area (Å²) in [6.07, 6.45) is 2.16. The Morgan fingerprint density at radius 1 is 1.22 bits per heavy atom. The van der Waals surface area contributed by atoms with Crippen molar-refractivity contribution in [1.29, 1.82) is 0 Å². The molecule has 0 aromatic rings. The van der Waals surface area contributed by atoms with Crippen LogP contribution in [0.15, 0.2) is 11.6 Å². The van der Waals surface area contributed by atoms with Crippen molar-refractivity contribution in [3.05, 3.63) is 11.6 Å². The van der Waals surface area contributed by atoms with Crippen LogP contribution in [0.25, 0.3) is 0 Å². The molecule has 158 valence electrons. The second-order valence-electron chi connectivity index (χ2n) is 10.5. The molecule has 0 unspecified atom stereocenters. The topological polar surface area (TPSA) is 67.8 Å². The van der Waals surface area contributed by atoms with Crippen LogP contribution in [0.4, 0.5) is 4.79 Å². The highest BCUT2D eigenvalue weighted by Crippen LogP contribution is 2.39. The van der Waals surface area contributed by atoms with Gasteiger partial charge in [0.1, 0.15) is 5.60 Å². The zero-order chi connectivity index (χ0) is 21.2. The van der Waals surface area contributed by atoms with Crippen LogP contribution in [0.1, 0.15) is 68.2 Å². The van der Waals surface area contributed by atoms with Crippen molar-refractivity contribution in [2.75, 3.05) is 0 Å². The number of carbonyl (C=O) groups is 1. The first-order valence-corrected chi connectivity index (χ1v) is 13.0. The van der Waals surface area contributed by atoms with E-state index in [2.05, 4.69) is 59.1 Å². The zero-order valence-electron chi connectivity index (χ0n) is 19.0. The quantitative estimate of drug-likeness (QED) is 0.515. The molecule has 0 saturated carbocycles. The average Bonchev–Trinajstić information content (AvgIpc) is 2.55. The number of rotatable bonds is 4. The van der Waals surface area contributed by atoms with Crippen molar-refractivity contribution in [1.82, 2.24) is 5.32 Å². The molecule has 27 heavy (non-hydrogen) atoms. The van der Waals surface area contributed by atoms with Gasteiger partial charge in [-0.05, 0) is 63.2 Å². The summed E-state index contributed by atoms with van der Waals surface area (Å²) in [4.78, 5) is 12.3. The van der Waals surface area contributed by atoms with Crippen molar-refractivity contribution in [3.63, 3.8) is 0 Å². The maximum Gasteiger partial charge on any atom is 0.407 e. The monoisotopic (exact) mass is 399 g/mol. The zero-order valence-corrected chi connectivity index (χ0v) is 20.0. The summed E-state index contributed by atoms with van der Waals surface area (Å²) in [5, 5.41) is 13.9. The van der Waals surface area contributed by atoms with Gasteiger partial charge in [-0.25, -0.2) is 4.79 Å². The number of ether oxygens (including phenoxy) is 1. The Morgan fingerprint density at radius 2 is 1.78 bits per heavy atom. The highest BCUT2D eigenvalue weighted by Gasteiger charge is 2.41. The Morgan fingerprint density at radius 3 is 2.22 bits per heavy atom. The molecule has 0 aromatic heterocycles. The van der Waals surface area contributed by atoms with E-state index in [0.29, 0.717) is 6.42 Å². The lowest BCUT2D eigenvalue weighted by atomic mass is 9.93. The third-order valence-electron chi connectivity index (χ3n) is 5.49. The molecule has 2 N–H and O–H groups in total. The van der Waals surface area contributed by atoms with Crippen LogP contribution in [-0.2, 0) is 9.16 Å². The Balaban J connectivity index is 3.02. The highest BCUT2D eigenvalue weighted by molar-refractivity contribution is 6.74. The highest BCUT2D eigenvalue weighted by atomic mass is 28.4. The molecule has 0 aromatic carbocycles. The normalized spacial score (nSPS) is 25.0. The number of nitrogens with one attached hydrogen (secondary N) is 1. The van der Waals surface area contributed by atoms with Crippen molar-refractivity contribution in [2.24, 2.45) is 5.92 Å². The lowest BCUT2D eigenvalue weighted by molar-refractivity contribution is 0.0407. The molecular weight excluding hydrogens is 358 g/mol. The largest absolute Gasteiger partial charge is 0.444 e. The van der Waals surface area contributed by atoms with E-state index in [4.69, 9.17) is 9.16 Å². The van der Waals surface area contributed by atoms with Crippen LogP contribution >= 0.6 is 0 Å². The average molecular weight is 400 g/mol. The van der Waals surface area contributed by atoms with E-state index in [0.717, 1.165) is 12.0 Å². The van der Waals surface area contributed by atoms with Crippen LogP contribution in [0.2, 0.25) is 18.1 Å². The molecule has 0 heterocycles. The lowest BCUT2D eigenvalue weighted by Crippen LogP contribution is -2.49. The number of aliphatic hydroxyl groups excluding tert-OH is 1. The number of alkyl carbamates (subject to hydrolysis) is 1. The summed E-state index contributed by atoms with van der Waals surface area (Å²) < 4.78 is 12.0. The van der Waals surface area contributed by atoms with E-state index in [1.165, 1.54) is 0 Å². The van der Waals surface area contributed by atoms with Crippen molar-refractivity contribution in [3.8, 4) is 0 Å². The summed E-state index contributed by atoms with van der Waals surface area (Å²) in [5.74, 6) is 0.203. The SMILES string of the molecule is CC(C)C1=CC[C@@H](O[Si](C)(C)C(C)(C)C)C[C@H](NC(=O)OC(C)(C)C)[C@@H]1O. The predicted molar refractivity (Wildman–Crippen MR) is 113 cm³/mol. The molecule has 1 aliphatic carbocycles. The molecular formula is C21H41NO4Si. The van der Waals surface area contributed by atoms with Gasteiger partial charge in [-0.1, -0.05) is 40.7 Å². The van der Waals surface area contributed by atoms with E-state index in [-0.39, 0.29) is 17.1 Å². The van der Waals surface area contributed by atoms with Crippen LogP contribution < -0.4 is 5.32 Å². The minimum atomic E-state index is -1.95. The van der Waals surface area contributed by atoms with Gasteiger partial charge < -0.3 is 19.6 Å². The minimum Gasteiger partial charge on any atom is -0.444 e. The van der Waals surface area contributed by atoms with Gasteiger partial charge in [0, 0.05) is 0 Å². The molecule has 0 saturated heterocycles. The molecule has 0 bridgehead atoms. The van der Waals surface area contributed by atoms with Crippen LogP contribution in [0.3, 0.4) is 0 Å². The number of aliphatic hydroxyl groups is 1. The Hall–Kier alpha value is -0.853. The van der Waals surface area contributed by atoms with Crippen molar-refractivity contribution >= 4 is 14.4 Å². The van der Waals surface area contributed by atoms with Gasteiger partial charge >= 0.3 is 6.09 Å². The molecule has 0 aliphatic heterocycles. The van der Waals surface area contributed by atoms with E-state index in [1.54, 1.807) is 0 Å². The standard InChI is InChI=1S/C21H41NO4Si/c1-14(2)16-12-11-15(26-27(9,10)21(6,7)8)13-17(18(16)23)22-19(24)25-20(3,4)5/h12,14-15,17-18,23H,11,13H2,1-10H3,(H,22,24)/t15-,17+,18-/m1/s1. The molecule has 0 radical (unpaired) electrons. The fourth-order valence-electron chi connectivity index (χ4n) is 2.99. The van der Waals surface area contributed by atoms with Gasteiger partial charge in [0.2, 0.25) is 0 Å². The fourth-order valence-corrected chi connectivity index (χ4v) is 4.37. The Labute approximate surface area is 167 Å². The number of amides is 1.